The molecule has 1 heterocycles. The van der Waals surface area contributed by atoms with Crippen molar-refractivity contribution in [3.05, 3.63) is 48.3 Å². The highest BCUT2D eigenvalue weighted by molar-refractivity contribution is 5.85. The number of nitrogens with two attached hydrogens (primary N) is 1. The van der Waals surface area contributed by atoms with Crippen LogP contribution < -0.4 is 11.1 Å². The molecule has 1 aliphatic rings. The Labute approximate surface area is 149 Å². The van der Waals surface area contributed by atoms with Gasteiger partial charge in [0.05, 0.1) is 11.6 Å². The van der Waals surface area contributed by atoms with Crippen molar-refractivity contribution in [3.63, 3.8) is 0 Å². The number of amides is 1. The highest BCUT2D eigenvalue weighted by Crippen LogP contribution is 2.31. The van der Waals surface area contributed by atoms with Crippen LogP contribution in [0.2, 0.25) is 0 Å². The Morgan fingerprint density at radius 1 is 1.38 bits per heavy atom. The average Bonchev–Trinajstić information content (AvgIpc) is 3.07. The van der Waals surface area contributed by atoms with Gasteiger partial charge in [-0.25, -0.2) is 4.68 Å². The molecular weight excluding hydrogens is 324 g/mol. The number of rotatable bonds is 4. The Morgan fingerprint density at radius 3 is 2.75 bits per heavy atom. The van der Waals surface area contributed by atoms with E-state index in [1.54, 1.807) is 6.20 Å². The predicted molar refractivity (Wildman–Crippen MR) is 97.2 cm³/mol. The zero-order valence-electron chi connectivity index (χ0n) is 13.9. The molecule has 0 aliphatic heterocycles. The van der Waals surface area contributed by atoms with Crippen molar-refractivity contribution < 1.29 is 4.79 Å². The smallest absolute Gasteiger partial charge is 0.225 e. The first-order chi connectivity index (χ1) is 11.1. The van der Waals surface area contributed by atoms with Gasteiger partial charge in [-0.05, 0) is 43.5 Å². The van der Waals surface area contributed by atoms with Crippen LogP contribution in [0.3, 0.4) is 0 Å². The molecule has 1 aromatic carbocycles. The van der Waals surface area contributed by atoms with Crippen LogP contribution in [0.15, 0.2) is 42.7 Å². The van der Waals surface area contributed by atoms with Gasteiger partial charge in [0, 0.05) is 24.5 Å². The largest absolute Gasteiger partial charge is 0.352 e. The SMILES string of the molecule is CC1(N)CCCCC1C(=O)NCc1ccc(-n2cccn2)cc1.Cl. The summed E-state index contributed by atoms with van der Waals surface area (Å²) >= 11 is 0. The summed E-state index contributed by atoms with van der Waals surface area (Å²) in [7, 11) is 0. The van der Waals surface area contributed by atoms with Gasteiger partial charge in [0.15, 0.2) is 0 Å². The van der Waals surface area contributed by atoms with E-state index in [-0.39, 0.29) is 29.8 Å². The second kappa shape index (κ2) is 7.81. The molecule has 2 unspecified atom stereocenters. The van der Waals surface area contributed by atoms with Crippen molar-refractivity contribution >= 4 is 18.3 Å². The third-order valence-electron chi connectivity index (χ3n) is 4.74. The maximum Gasteiger partial charge on any atom is 0.225 e. The molecule has 2 aromatic rings. The Hall–Kier alpha value is -1.85. The topological polar surface area (TPSA) is 72.9 Å². The first-order valence-corrected chi connectivity index (χ1v) is 8.22. The normalized spacial score (nSPS) is 23.3. The van der Waals surface area contributed by atoms with Crippen molar-refractivity contribution in [1.29, 1.82) is 0 Å². The zero-order chi connectivity index (χ0) is 16.3. The predicted octanol–water partition coefficient (Wildman–Crippen LogP) is 2.82. The van der Waals surface area contributed by atoms with Gasteiger partial charge < -0.3 is 11.1 Å². The fourth-order valence-electron chi connectivity index (χ4n) is 3.29. The lowest BCUT2D eigenvalue weighted by Crippen LogP contribution is -2.52. The fourth-order valence-corrected chi connectivity index (χ4v) is 3.29. The summed E-state index contributed by atoms with van der Waals surface area (Å²) in [5.41, 5.74) is 7.99. The molecule has 1 aromatic heterocycles. The summed E-state index contributed by atoms with van der Waals surface area (Å²) in [4.78, 5) is 12.4. The van der Waals surface area contributed by atoms with Gasteiger partial charge >= 0.3 is 0 Å². The first kappa shape index (κ1) is 18.5. The quantitative estimate of drug-likeness (QED) is 0.892. The number of nitrogens with zero attached hydrogens (tertiary/aromatic N) is 2. The zero-order valence-corrected chi connectivity index (χ0v) is 14.8. The molecule has 3 rings (SSSR count). The number of hydrogen-bond donors (Lipinski definition) is 2. The van der Waals surface area contributed by atoms with Gasteiger partial charge in [-0.3, -0.25) is 4.79 Å². The Balaban J connectivity index is 0.00000208. The summed E-state index contributed by atoms with van der Waals surface area (Å²) in [6.07, 6.45) is 7.67. The monoisotopic (exact) mass is 348 g/mol. The van der Waals surface area contributed by atoms with E-state index >= 15 is 0 Å². The van der Waals surface area contributed by atoms with Gasteiger partial charge in [-0.1, -0.05) is 25.0 Å². The maximum atomic E-state index is 12.4. The second-order valence-electron chi connectivity index (χ2n) is 6.64. The van der Waals surface area contributed by atoms with Gasteiger partial charge in [0.1, 0.15) is 0 Å². The number of benzene rings is 1. The maximum absolute atomic E-state index is 12.4. The number of hydrogen-bond acceptors (Lipinski definition) is 3. The van der Waals surface area contributed by atoms with Gasteiger partial charge in [0.2, 0.25) is 5.91 Å². The molecule has 0 spiro atoms. The standard InChI is InChI=1S/C18H24N4O.ClH/c1-18(19)10-3-2-5-16(18)17(23)20-13-14-6-8-15(9-7-14)22-12-4-11-21-22;/h4,6-9,11-12,16H,2-3,5,10,13,19H2,1H3,(H,20,23);1H. The molecule has 2 atom stereocenters. The highest BCUT2D eigenvalue weighted by Gasteiger charge is 2.37. The van der Waals surface area contributed by atoms with E-state index in [0.717, 1.165) is 36.9 Å². The van der Waals surface area contributed by atoms with Crippen LogP contribution in [0.1, 0.15) is 38.2 Å². The summed E-state index contributed by atoms with van der Waals surface area (Å²) in [6.45, 7) is 2.53. The van der Waals surface area contributed by atoms with Crippen LogP contribution in [0.25, 0.3) is 5.69 Å². The van der Waals surface area contributed by atoms with Crippen molar-refractivity contribution in [1.82, 2.24) is 15.1 Å². The van der Waals surface area contributed by atoms with Crippen LogP contribution in [0, 0.1) is 5.92 Å². The number of carbonyl (C=O) groups is 1. The molecule has 1 fully saturated rings. The van der Waals surface area contributed by atoms with Crippen LogP contribution in [-0.4, -0.2) is 21.2 Å². The van der Waals surface area contributed by atoms with Crippen molar-refractivity contribution in [2.45, 2.75) is 44.7 Å². The van der Waals surface area contributed by atoms with E-state index < -0.39 is 0 Å². The van der Waals surface area contributed by atoms with Gasteiger partial charge in [0.25, 0.3) is 0 Å². The molecule has 24 heavy (non-hydrogen) atoms. The van der Waals surface area contributed by atoms with E-state index in [1.807, 2.05) is 48.1 Å². The Bertz CT molecular complexity index is 652. The number of halogens is 1. The molecule has 5 nitrogen and oxygen atoms in total. The minimum Gasteiger partial charge on any atom is -0.352 e. The summed E-state index contributed by atoms with van der Waals surface area (Å²) < 4.78 is 1.81. The van der Waals surface area contributed by atoms with E-state index in [4.69, 9.17) is 5.73 Å². The molecule has 0 saturated heterocycles. The first-order valence-electron chi connectivity index (χ1n) is 8.22. The van der Waals surface area contributed by atoms with Gasteiger partial charge in [-0.2, -0.15) is 5.10 Å². The number of aromatic nitrogens is 2. The minimum absolute atomic E-state index is 0. The van der Waals surface area contributed by atoms with Crippen LogP contribution in [0.5, 0.6) is 0 Å². The van der Waals surface area contributed by atoms with E-state index in [0.29, 0.717) is 6.54 Å². The molecule has 1 amide bonds. The molecule has 130 valence electrons. The van der Waals surface area contributed by atoms with Gasteiger partial charge in [-0.15, -0.1) is 12.4 Å². The lowest BCUT2D eigenvalue weighted by Gasteiger charge is -2.37. The van der Waals surface area contributed by atoms with Crippen LogP contribution in [-0.2, 0) is 11.3 Å². The summed E-state index contributed by atoms with van der Waals surface area (Å²) in [6, 6.07) is 9.92. The summed E-state index contributed by atoms with van der Waals surface area (Å²) in [5, 5.41) is 7.24. The second-order valence-corrected chi connectivity index (χ2v) is 6.64. The summed E-state index contributed by atoms with van der Waals surface area (Å²) in [5.74, 6) is -0.00884. The Kier molecular flexibility index (Phi) is 6.02. The molecule has 1 saturated carbocycles. The van der Waals surface area contributed by atoms with Crippen molar-refractivity contribution in [2.24, 2.45) is 11.7 Å². The lowest BCUT2D eigenvalue weighted by atomic mass is 9.74. The average molecular weight is 349 g/mol. The molecule has 3 N–H and O–H groups in total. The third kappa shape index (κ3) is 4.16. The lowest BCUT2D eigenvalue weighted by molar-refractivity contribution is -0.128. The number of carbonyl (C=O) groups excluding carboxylic acids is 1. The van der Waals surface area contributed by atoms with E-state index in [2.05, 4.69) is 10.4 Å². The Morgan fingerprint density at radius 2 is 2.12 bits per heavy atom. The molecule has 0 bridgehead atoms. The molecule has 0 radical (unpaired) electrons. The van der Waals surface area contributed by atoms with Crippen molar-refractivity contribution in [3.8, 4) is 5.69 Å². The molecule has 1 aliphatic carbocycles. The molecular formula is C18H25ClN4O. The molecule has 6 heteroatoms. The van der Waals surface area contributed by atoms with Crippen LogP contribution in [0.4, 0.5) is 0 Å². The van der Waals surface area contributed by atoms with Crippen molar-refractivity contribution in [2.75, 3.05) is 0 Å². The minimum atomic E-state index is -0.383. The van der Waals surface area contributed by atoms with Crippen LogP contribution >= 0.6 is 12.4 Å². The van der Waals surface area contributed by atoms with E-state index in [1.165, 1.54) is 0 Å². The third-order valence-corrected chi connectivity index (χ3v) is 4.74. The highest BCUT2D eigenvalue weighted by atomic mass is 35.5. The fraction of sp³-hybridized carbons (Fsp3) is 0.444. The van der Waals surface area contributed by atoms with E-state index in [9.17, 15) is 4.79 Å². The number of nitrogens with one attached hydrogen (secondary N) is 1.